The summed E-state index contributed by atoms with van der Waals surface area (Å²) in [6, 6.07) is 12.9. The van der Waals surface area contributed by atoms with Gasteiger partial charge in [0.1, 0.15) is 0 Å². The van der Waals surface area contributed by atoms with Crippen molar-refractivity contribution in [3.8, 4) is 0 Å². The van der Waals surface area contributed by atoms with Crippen LogP contribution in [-0.4, -0.2) is 0 Å². The molecule has 0 fully saturated rings. The molecule has 0 amide bonds. The van der Waals surface area contributed by atoms with Crippen LogP contribution in [0.15, 0.2) is 47.9 Å². The van der Waals surface area contributed by atoms with Crippen LogP contribution in [0.5, 0.6) is 0 Å². The first-order valence-corrected chi connectivity index (χ1v) is 5.96. The molecule has 76 valence electrons. The third kappa shape index (κ3) is 2.18. The predicted molar refractivity (Wildman–Crippen MR) is 68.3 cm³/mol. The van der Waals surface area contributed by atoms with Crippen molar-refractivity contribution in [1.29, 1.82) is 0 Å². The van der Waals surface area contributed by atoms with Crippen LogP contribution in [0.4, 0.5) is 0 Å². The smallest absolute Gasteiger partial charge is 0.0345 e. The molecule has 0 nitrogen and oxygen atoms in total. The van der Waals surface area contributed by atoms with Crippen molar-refractivity contribution in [3.63, 3.8) is 0 Å². The van der Waals surface area contributed by atoms with Crippen molar-refractivity contribution < 1.29 is 0 Å². The first-order chi connectivity index (χ1) is 7.31. The molecule has 1 heteroatoms. The fraction of sp³-hybridized carbons (Fsp3) is 0.143. The van der Waals surface area contributed by atoms with Gasteiger partial charge in [0, 0.05) is 4.88 Å². The van der Waals surface area contributed by atoms with Crippen molar-refractivity contribution in [1.82, 2.24) is 0 Å². The number of aryl methyl sites for hydroxylation is 1. The quantitative estimate of drug-likeness (QED) is 0.690. The fourth-order valence-corrected chi connectivity index (χ4v) is 2.44. The zero-order chi connectivity index (χ0) is 10.7. The summed E-state index contributed by atoms with van der Waals surface area (Å²) in [6.45, 7) is 4.21. The molecule has 0 aliphatic rings. The Morgan fingerprint density at radius 1 is 1.13 bits per heavy atom. The van der Waals surface area contributed by atoms with E-state index < -0.39 is 0 Å². The Labute approximate surface area is 94.9 Å². The molecule has 0 aliphatic heterocycles. The Bertz CT molecular complexity index is 447. The number of allylic oxidation sites excluding steroid dienone is 1. The van der Waals surface area contributed by atoms with Gasteiger partial charge >= 0.3 is 0 Å². The van der Waals surface area contributed by atoms with E-state index in [1.807, 2.05) is 0 Å². The van der Waals surface area contributed by atoms with Gasteiger partial charge in [0.2, 0.25) is 0 Å². The molecule has 0 radical (unpaired) electrons. The van der Waals surface area contributed by atoms with Crippen molar-refractivity contribution in [3.05, 3.63) is 63.9 Å². The van der Waals surface area contributed by atoms with E-state index in [0.717, 1.165) is 0 Å². The second-order valence-corrected chi connectivity index (χ2v) is 4.49. The van der Waals surface area contributed by atoms with Gasteiger partial charge in [0.05, 0.1) is 0 Å². The summed E-state index contributed by atoms with van der Waals surface area (Å²) in [6.07, 6.45) is 2.18. The lowest BCUT2D eigenvalue weighted by Gasteiger charge is -2.05. The second-order valence-electron chi connectivity index (χ2n) is 3.55. The summed E-state index contributed by atoms with van der Waals surface area (Å²) in [5.41, 5.74) is 3.93. The third-order valence-electron chi connectivity index (χ3n) is 2.44. The van der Waals surface area contributed by atoms with E-state index in [1.165, 1.54) is 21.6 Å². The molecule has 0 N–H and O–H groups in total. The molecule has 2 aromatic rings. The number of hydrogen-bond acceptors (Lipinski definition) is 1. The molecule has 0 saturated carbocycles. The van der Waals surface area contributed by atoms with E-state index in [2.05, 4.69) is 61.7 Å². The van der Waals surface area contributed by atoms with Crippen LogP contribution in [0, 0.1) is 6.92 Å². The van der Waals surface area contributed by atoms with Crippen LogP contribution in [0.2, 0.25) is 0 Å². The van der Waals surface area contributed by atoms with Crippen molar-refractivity contribution in [2.45, 2.75) is 13.8 Å². The zero-order valence-corrected chi connectivity index (χ0v) is 9.84. The van der Waals surface area contributed by atoms with Crippen LogP contribution in [0.25, 0.3) is 5.57 Å². The summed E-state index contributed by atoms with van der Waals surface area (Å²) in [4.78, 5) is 1.33. The van der Waals surface area contributed by atoms with E-state index in [-0.39, 0.29) is 0 Å². The van der Waals surface area contributed by atoms with Crippen LogP contribution < -0.4 is 0 Å². The molecule has 1 aromatic heterocycles. The highest BCUT2D eigenvalue weighted by Crippen LogP contribution is 2.27. The molecule has 0 saturated heterocycles. The topological polar surface area (TPSA) is 0 Å². The van der Waals surface area contributed by atoms with Gasteiger partial charge in [0.25, 0.3) is 0 Å². The van der Waals surface area contributed by atoms with E-state index >= 15 is 0 Å². The minimum Gasteiger partial charge on any atom is -0.144 e. The van der Waals surface area contributed by atoms with E-state index in [1.54, 1.807) is 11.3 Å². The molecule has 0 unspecified atom stereocenters. The predicted octanol–water partition coefficient (Wildman–Crippen LogP) is 4.51. The second kappa shape index (κ2) is 4.45. The zero-order valence-electron chi connectivity index (χ0n) is 9.03. The maximum absolute atomic E-state index is 2.18. The van der Waals surface area contributed by atoms with Gasteiger partial charge in [-0.2, -0.15) is 0 Å². The highest BCUT2D eigenvalue weighted by Gasteiger charge is 2.03. The van der Waals surface area contributed by atoms with Gasteiger partial charge in [-0.05, 0) is 36.4 Å². The molecule has 1 aromatic carbocycles. The van der Waals surface area contributed by atoms with Crippen molar-refractivity contribution in [2.24, 2.45) is 0 Å². The lowest BCUT2D eigenvalue weighted by atomic mass is 10.0. The monoisotopic (exact) mass is 214 g/mol. The fourth-order valence-electron chi connectivity index (χ4n) is 1.62. The van der Waals surface area contributed by atoms with Gasteiger partial charge in [0.15, 0.2) is 0 Å². The highest BCUT2D eigenvalue weighted by molar-refractivity contribution is 7.11. The molecule has 1 heterocycles. The molecular weight excluding hydrogens is 200 g/mol. The molecule has 2 rings (SSSR count). The maximum Gasteiger partial charge on any atom is 0.0345 e. The van der Waals surface area contributed by atoms with Gasteiger partial charge in [-0.25, -0.2) is 0 Å². The lowest BCUT2D eigenvalue weighted by Crippen LogP contribution is -1.84. The summed E-state index contributed by atoms with van der Waals surface area (Å²) < 4.78 is 0. The first-order valence-electron chi connectivity index (χ1n) is 5.08. The molecular formula is C14H14S. The van der Waals surface area contributed by atoms with E-state index in [0.29, 0.717) is 0 Å². The number of rotatable bonds is 2. The normalized spacial score (nSPS) is 11.7. The van der Waals surface area contributed by atoms with Crippen molar-refractivity contribution in [2.75, 3.05) is 0 Å². The average molecular weight is 214 g/mol. The number of benzene rings is 1. The Kier molecular flexibility index (Phi) is 3.02. The Morgan fingerprint density at radius 3 is 2.40 bits per heavy atom. The Balaban J connectivity index is 2.41. The number of hydrogen-bond donors (Lipinski definition) is 0. The van der Waals surface area contributed by atoms with E-state index in [4.69, 9.17) is 0 Å². The first kappa shape index (κ1) is 10.2. The van der Waals surface area contributed by atoms with Crippen LogP contribution >= 0.6 is 11.3 Å². The summed E-state index contributed by atoms with van der Waals surface area (Å²) in [7, 11) is 0. The van der Waals surface area contributed by atoms with E-state index in [9.17, 15) is 0 Å². The Hall–Kier alpha value is -1.34. The molecule has 0 spiro atoms. The van der Waals surface area contributed by atoms with Gasteiger partial charge in [-0.1, -0.05) is 42.0 Å². The lowest BCUT2D eigenvalue weighted by molar-refractivity contribution is 1.45. The Morgan fingerprint density at radius 2 is 1.87 bits per heavy atom. The summed E-state index contributed by atoms with van der Waals surface area (Å²) in [5, 5.41) is 2.12. The standard InChI is InChI=1S/C14H14S/c1-3-13(14-5-4-10-15-14)12-8-6-11(2)7-9-12/h3-10H,1-2H3. The molecule has 0 atom stereocenters. The number of thiophene rings is 1. The minimum atomic E-state index is 1.30. The SMILES string of the molecule is CC=C(c1ccc(C)cc1)c1cccs1. The highest BCUT2D eigenvalue weighted by atomic mass is 32.1. The van der Waals surface area contributed by atoms with Crippen LogP contribution in [-0.2, 0) is 0 Å². The summed E-state index contributed by atoms with van der Waals surface area (Å²) >= 11 is 1.79. The molecule has 15 heavy (non-hydrogen) atoms. The van der Waals surface area contributed by atoms with Crippen LogP contribution in [0.1, 0.15) is 22.9 Å². The van der Waals surface area contributed by atoms with Gasteiger partial charge in [-0.3, -0.25) is 0 Å². The molecule has 0 aliphatic carbocycles. The third-order valence-corrected chi connectivity index (χ3v) is 3.34. The van der Waals surface area contributed by atoms with Gasteiger partial charge in [-0.15, -0.1) is 11.3 Å². The van der Waals surface area contributed by atoms with Crippen LogP contribution in [0.3, 0.4) is 0 Å². The average Bonchev–Trinajstić information content (AvgIpc) is 2.75. The minimum absolute atomic E-state index is 1.30. The molecule has 0 bridgehead atoms. The largest absolute Gasteiger partial charge is 0.144 e. The summed E-state index contributed by atoms with van der Waals surface area (Å²) in [5.74, 6) is 0. The van der Waals surface area contributed by atoms with Gasteiger partial charge < -0.3 is 0 Å². The van der Waals surface area contributed by atoms with Crippen molar-refractivity contribution >= 4 is 16.9 Å². The maximum atomic E-state index is 2.18.